The zero-order valence-corrected chi connectivity index (χ0v) is 12.0. The molecule has 0 aliphatic heterocycles. The van der Waals surface area contributed by atoms with Crippen molar-refractivity contribution in [2.24, 2.45) is 0 Å². The number of aryl methyl sites for hydroxylation is 1. The molecule has 0 atom stereocenters. The molecule has 0 aromatic heterocycles. The summed E-state index contributed by atoms with van der Waals surface area (Å²) in [7, 11) is -3.91. The highest BCUT2D eigenvalue weighted by Crippen LogP contribution is 2.18. The number of carbonyl (C=O) groups is 1. The van der Waals surface area contributed by atoms with E-state index >= 15 is 0 Å². The molecule has 0 heterocycles. The lowest BCUT2D eigenvalue weighted by atomic mass is 10.1. The highest BCUT2D eigenvalue weighted by Gasteiger charge is 2.23. The molecule has 110 valence electrons. The van der Waals surface area contributed by atoms with Crippen LogP contribution in [0, 0.1) is 18.6 Å². The zero-order valence-electron chi connectivity index (χ0n) is 11.1. The molecule has 0 spiro atoms. The molecule has 0 N–H and O–H groups in total. The lowest BCUT2D eigenvalue weighted by Crippen LogP contribution is -2.18. The first-order chi connectivity index (χ1) is 9.81. The van der Waals surface area contributed by atoms with Gasteiger partial charge in [0.1, 0.15) is 17.4 Å². The van der Waals surface area contributed by atoms with Crippen LogP contribution >= 0.6 is 0 Å². The van der Waals surface area contributed by atoms with Gasteiger partial charge in [-0.25, -0.2) is 17.2 Å². The monoisotopic (exact) mass is 310 g/mol. The van der Waals surface area contributed by atoms with Crippen LogP contribution in [0.1, 0.15) is 15.9 Å². The highest BCUT2D eigenvalue weighted by molar-refractivity contribution is 7.92. The van der Waals surface area contributed by atoms with E-state index in [-0.39, 0.29) is 4.90 Å². The standard InChI is InChI=1S/C15H12F2O3S/c1-10-4-2-3-5-15(10)21(19,20)9-14(18)12-8-11(16)6-7-13(12)17/h2-8H,9H2,1H3. The topological polar surface area (TPSA) is 51.2 Å². The van der Waals surface area contributed by atoms with E-state index in [1.807, 2.05) is 0 Å². The smallest absolute Gasteiger partial charge is 0.186 e. The zero-order chi connectivity index (χ0) is 15.6. The van der Waals surface area contributed by atoms with Crippen LogP contribution in [-0.4, -0.2) is 20.0 Å². The van der Waals surface area contributed by atoms with Gasteiger partial charge in [0.05, 0.1) is 10.5 Å². The van der Waals surface area contributed by atoms with Crippen molar-refractivity contribution in [3.05, 3.63) is 65.2 Å². The third-order valence-electron chi connectivity index (χ3n) is 2.98. The van der Waals surface area contributed by atoms with E-state index in [1.54, 1.807) is 19.1 Å². The van der Waals surface area contributed by atoms with Crippen LogP contribution in [0.5, 0.6) is 0 Å². The fourth-order valence-corrected chi connectivity index (χ4v) is 3.45. The van der Waals surface area contributed by atoms with E-state index in [1.165, 1.54) is 12.1 Å². The molecule has 0 amide bonds. The maximum absolute atomic E-state index is 13.5. The molecule has 0 aliphatic carbocycles. The number of halogens is 2. The molecule has 0 unspecified atom stereocenters. The summed E-state index contributed by atoms with van der Waals surface area (Å²) in [5, 5.41) is 0. The average Bonchev–Trinajstić information content (AvgIpc) is 2.41. The molecule has 2 rings (SSSR count). The van der Waals surface area contributed by atoms with Crippen molar-refractivity contribution in [1.82, 2.24) is 0 Å². The Bertz CT molecular complexity index is 798. The van der Waals surface area contributed by atoms with Crippen molar-refractivity contribution in [3.63, 3.8) is 0 Å². The van der Waals surface area contributed by atoms with E-state index < -0.39 is 38.6 Å². The van der Waals surface area contributed by atoms with Gasteiger partial charge in [0.25, 0.3) is 0 Å². The van der Waals surface area contributed by atoms with Gasteiger partial charge >= 0.3 is 0 Å². The van der Waals surface area contributed by atoms with Gasteiger partial charge in [0.2, 0.25) is 0 Å². The average molecular weight is 310 g/mol. The molecular formula is C15H12F2O3S. The van der Waals surface area contributed by atoms with Crippen LogP contribution < -0.4 is 0 Å². The van der Waals surface area contributed by atoms with Crippen LogP contribution in [-0.2, 0) is 9.84 Å². The molecule has 0 radical (unpaired) electrons. The van der Waals surface area contributed by atoms with E-state index in [2.05, 4.69) is 0 Å². The number of hydrogen-bond acceptors (Lipinski definition) is 3. The van der Waals surface area contributed by atoms with Crippen molar-refractivity contribution < 1.29 is 22.0 Å². The predicted octanol–water partition coefficient (Wildman–Crippen LogP) is 2.93. The summed E-state index contributed by atoms with van der Waals surface area (Å²) >= 11 is 0. The Balaban J connectivity index is 2.35. The maximum Gasteiger partial charge on any atom is 0.186 e. The van der Waals surface area contributed by atoms with Gasteiger partial charge in [-0.2, -0.15) is 0 Å². The summed E-state index contributed by atoms with van der Waals surface area (Å²) in [6.45, 7) is 1.60. The third kappa shape index (κ3) is 3.33. The number of hydrogen-bond donors (Lipinski definition) is 0. The first kappa shape index (κ1) is 15.3. The Morgan fingerprint density at radius 2 is 1.76 bits per heavy atom. The lowest BCUT2D eigenvalue weighted by Gasteiger charge is -2.07. The molecule has 0 fully saturated rings. The van der Waals surface area contributed by atoms with Crippen LogP contribution in [0.15, 0.2) is 47.4 Å². The quantitative estimate of drug-likeness (QED) is 0.816. The second-order valence-corrected chi connectivity index (χ2v) is 6.53. The number of benzene rings is 2. The molecule has 0 bridgehead atoms. The highest BCUT2D eigenvalue weighted by atomic mass is 32.2. The minimum absolute atomic E-state index is 0.00941. The SMILES string of the molecule is Cc1ccccc1S(=O)(=O)CC(=O)c1cc(F)ccc1F. The van der Waals surface area contributed by atoms with Crippen molar-refractivity contribution in [2.75, 3.05) is 5.75 Å². The van der Waals surface area contributed by atoms with Gasteiger partial charge in [0, 0.05) is 0 Å². The second-order valence-electron chi connectivity index (χ2n) is 4.57. The number of Topliss-reactive ketones (excluding diaryl/α,β-unsaturated/α-hetero) is 1. The Hall–Kier alpha value is -2.08. The van der Waals surface area contributed by atoms with E-state index in [9.17, 15) is 22.0 Å². The predicted molar refractivity (Wildman–Crippen MR) is 73.9 cm³/mol. The van der Waals surface area contributed by atoms with Crippen molar-refractivity contribution in [3.8, 4) is 0 Å². The summed E-state index contributed by atoms with van der Waals surface area (Å²) in [5.41, 5.74) is -0.0721. The maximum atomic E-state index is 13.5. The molecule has 3 nitrogen and oxygen atoms in total. The van der Waals surface area contributed by atoms with Crippen molar-refractivity contribution in [2.45, 2.75) is 11.8 Å². The van der Waals surface area contributed by atoms with Crippen LogP contribution in [0.25, 0.3) is 0 Å². The normalized spacial score (nSPS) is 11.4. The Kier molecular flexibility index (Phi) is 4.18. The Morgan fingerprint density at radius 1 is 1.10 bits per heavy atom. The molecule has 2 aromatic carbocycles. The molecule has 0 aliphatic rings. The molecule has 2 aromatic rings. The minimum atomic E-state index is -3.91. The molecule has 6 heteroatoms. The van der Waals surface area contributed by atoms with Gasteiger partial charge in [0.15, 0.2) is 15.6 Å². The van der Waals surface area contributed by atoms with E-state index in [4.69, 9.17) is 0 Å². The molecule has 0 saturated carbocycles. The van der Waals surface area contributed by atoms with Crippen LogP contribution in [0.4, 0.5) is 8.78 Å². The summed E-state index contributed by atoms with van der Waals surface area (Å²) in [5.74, 6) is -3.62. The van der Waals surface area contributed by atoms with Crippen LogP contribution in [0.2, 0.25) is 0 Å². The van der Waals surface area contributed by atoms with Gasteiger partial charge in [-0.1, -0.05) is 18.2 Å². The number of ketones is 1. The van der Waals surface area contributed by atoms with Gasteiger partial charge in [-0.15, -0.1) is 0 Å². The van der Waals surface area contributed by atoms with Crippen molar-refractivity contribution in [1.29, 1.82) is 0 Å². The summed E-state index contributed by atoms with van der Waals surface area (Å²) in [4.78, 5) is 11.9. The van der Waals surface area contributed by atoms with Gasteiger partial charge in [-0.05, 0) is 36.8 Å². The lowest BCUT2D eigenvalue weighted by molar-refractivity contribution is 0.101. The number of carbonyl (C=O) groups excluding carboxylic acids is 1. The molecular weight excluding hydrogens is 298 g/mol. The second kappa shape index (κ2) is 5.73. The number of rotatable bonds is 4. The minimum Gasteiger partial charge on any atom is -0.293 e. The summed E-state index contributed by atoms with van der Waals surface area (Å²) < 4.78 is 50.9. The molecule has 21 heavy (non-hydrogen) atoms. The summed E-state index contributed by atoms with van der Waals surface area (Å²) in [6, 6.07) is 8.53. The number of sulfone groups is 1. The van der Waals surface area contributed by atoms with Gasteiger partial charge < -0.3 is 0 Å². The fourth-order valence-electron chi connectivity index (χ4n) is 1.94. The van der Waals surface area contributed by atoms with Gasteiger partial charge in [-0.3, -0.25) is 4.79 Å². The first-order valence-electron chi connectivity index (χ1n) is 6.08. The molecule has 0 saturated heterocycles. The van der Waals surface area contributed by atoms with E-state index in [0.717, 1.165) is 12.1 Å². The van der Waals surface area contributed by atoms with E-state index in [0.29, 0.717) is 11.6 Å². The fraction of sp³-hybridized carbons (Fsp3) is 0.133. The third-order valence-corrected chi connectivity index (χ3v) is 4.75. The Morgan fingerprint density at radius 3 is 2.43 bits per heavy atom. The van der Waals surface area contributed by atoms with Crippen molar-refractivity contribution >= 4 is 15.6 Å². The largest absolute Gasteiger partial charge is 0.293 e. The Labute approximate surface area is 121 Å². The summed E-state index contributed by atoms with van der Waals surface area (Å²) in [6.07, 6.45) is 0. The van der Waals surface area contributed by atoms with Crippen LogP contribution in [0.3, 0.4) is 0 Å². The first-order valence-corrected chi connectivity index (χ1v) is 7.73.